The van der Waals surface area contributed by atoms with E-state index in [0.717, 1.165) is 27.7 Å². The largest absolute Gasteiger partial charge is 0.494 e. The maximum atomic E-state index is 12.8. The number of hydrogen-bond acceptors (Lipinski definition) is 6. The SMILES string of the molecule is COc1ccc(C)cc1-n1nnnc1SC(C)C(=O)Nc1ccc2ccccc2c1. The Morgan fingerprint density at radius 1 is 1.10 bits per heavy atom. The first kappa shape index (κ1) is 19.9. The van der Waals surface area contributed by atoms with Crippen LogP contribution in [-0.2, 0) is 4.79 Å². The molecule has 0 aliphatic rings. The van der Waals surface area contributed by atoms with Gasteiger partial charge in [-0.3, -0.25) is 4.79 Å². The zero-order valence-electron chi connectivity index (χ0n) is 16.9. The van der Waals surface area contributed by atoms with Crippen LogP contribution in [0.4, 0.5) is 5.69 Å². The molecule has 0 spiro atoms. The molecule has 0 saturated carbocycles. The normalized spacial score (nSPS) is 12.0. The van der Waals surface area contributed by atoms with E-state index >= 15 is 0 Å². The second-order valence-electron chi connectivity index (χ2n) is 6.86. The predicted octanol–water partition coefficient (Wildman–Crippen LogP) is 4.25. The number of aromatic nitrogens is 4. The highest BCUT2D eigenvalue weighted by molar-refractivity contribution is 8.00. The Balaban J connectivity index is 1.52. The van der Waals surface area contributed by atoms with Gasteiger partial charge in [0.15, 0.2) is 0 Å². The molecular formula is C22H21N5O2S. The molecule has 30 heavy (non-hydrogen) atoms. The monoisotopic (exact) mass is 419 g/mol. The predicted molar refractivity (Wildman–Crippen MR) is 118 cm³/mol. The number of thioether (sulfide) groups is 1. The first-order valence-corrected chi connectivity index (χ1v) is 10.3. The second-order valence-corrected chi connectivity index (χ2v) is 8.17. The fourth-order valence-corrected chi connectivity index (χ4v) is 3.89. The Morgan fingerprint density at radius 2 is 1.90 bits per heavy atom. The van der Waals surface area contributed by atoms with Crippen molar-refractivity contribution in [2.45, 2.75) is 24.3 Å². The minimum absolute atomic E-state index is 0.124. The smallest absolute Gasteiger partial charge is 0.237 e. The summed E-state index contributed by atoms with van der Waals surface area (Å²) in [4.78, 5) is 12.8. The third-order valence-electron chi connectivity index (χ3n) is 4.67. The number of nitrogens with zero attached hydrogens (tertiary/aromatic N) is 4. The van der Waals surface area contributed by atoms with E-state index in [1.54, 1.807) is 11.8 Å². The van der Waals surface area contributed by atoms with Crippen LogP contribution in [0, 0.1) is 6.92 Å². The summed E-state index contributed by atoms with van der Waals surface area (Å²) in [5, 5.41) is 17.3. The van der Waals surface area contributed by atoms with Crippen molar-refractivity contribution in [3.63, 3.8) is 0 Å². The molecule has 1 heterocycles. The van der Waals surface area contributed by atoms with Crippen LogP contribution in [0.25, 0.3) is 16.5 Å². The minimum atomic E-state index is -0.406. The summed E-state index contributed by atoms with van der Waals surface area (Å²) >= 11 is 1.29. The molecule has 4 rings (SSSR count). The van der Waals surface area contributed by atoms with E-state index in [1.807, 2.05) is 74.5 Å². The zero-order chi connectivity index (χ0) is 21.1. The van der Waals surface area contributed by atoms with E-state index in [1.165, 1.54) is 11.8 Å². The number of hydrogen-bond donors (Lipinski definition) is 1. The van der Waals surface area contributed by atoms with Crippen molar-refractivity contribution < 1.29 is 9.53 Å². The molecule has 152 valence electrons. The molecule has 1 unspecified atom stereocenters. The molecule has 3 aromatic carbocycles. The van der Waals surface area contributed by atoms with Crippen LogP contribution in [0.5, 0.6) is 5.75 Å². The second kappa shape index (κ2) is 8.54. The van der Waals surface area contributed by atoms with Crippen LogP contribution in [-0.4, -0.2) is 38.5 Å². The average Bonchev–Trinajstić information content (AvgIpc) is 3.21. The Morgan fingerprint density at radius 3 is 2.70 bits per heavy atom. The van der Waals surface area contributed by atoms with Crippen LogP contribution < -0.4 is 10.1 Å². The Labute approximate surface area is 178 Å². The fourth-order valence-electron chi connectivity index (χ4n) is 3.09. The summed E-state index contributed by atoms with van der Waals surface area (Å²) in [6.07, 6.45) is 0. The molecule has 0 radical (unpaired) electrons. The number of nitrogens with one attached hydrogen (secondary N) is 1. The highest BCUT2D eigenvalue weighted by Gasteiger charge is 2.21. The number of methoxy groups -OCH3 is 1. The molecule has 8 heteroatoms. The number of rotatable bonds is 6. The molecule has 1 amide bonds. The van der Waals surface area contributed by atoms with Gasteiger partial charge in [-0.15, -0.1) is 5.10 Å². The molecule has 1 N–H and O–H groups in total. The first-order chi connectivity index (χ1) is 14.5. The lowest BCUT2D eigenvalue weighted by Crippen LogP contribution is -2.23. The average molecular weight is 420 g/mol. The lowest BCUT2D eigenvalue weighted by molar-refractivity contribution is -0.115. The van der Waals surface area contributed by atoms with Crippen LogP contribution in [0.2, 0.25) is 0 Å². The number of amides is 1. The highest BCUT2D eigenvalue weighted by atomic mass is 32.2. The molecule has 0 bridgehead atoms. The Bertz CT molecular complexity index is 1210. The van der Waals surface area contributed by atoms with Crippen LogP contribution >= 0.6 is 11.8 Å². The van der Waals surface area contributed by atoms with Crippen molar-refractivity contribution in [3.8, 4) is 11.4 Å². The van der Waals surface area contributed by atoms with Gasteiger partial charge in [-0.1, -0.05) is 48.2 Å². The van der Waals surface area contributed by atoms with Crippen LogP contribution in [0.15, 0.2) is 65.8 Å². The van der Waals surface area contributed by atoms with E-state index in [-0.39, 0.29) is 5.91 Å². The van der Waals surface area contributed by atoms with Gasteiger partial charge >= 0.3 is 0 Å². The molecule has 1 atom stereocenters. The number of tetrazole rings is 1. The van der Waals surface area contributed by atoms with E-state index in [4.69, 9.17) is 4.74 Å². The summed E-state index contributed by atoms with van der Waals surface area (Å²) in [5.74, 6) is 0.532. The summed E-state index contributed by atoms with van der Waals surface area (Å²) in [6, 6.07) is 19.7. The van der Waals surface area contributed by atoms with Crippen molar-refractivity contribution in [2.24, 2.45) is 0 Å². The first-order valence-electron chi connectivity index (χ1n) is 9.45. The fraction of sp³-hybridized carbons (Fsp3) is 0.182. The standard InChI is InChI=1S/C22H21N5O2S/c1-14-8-11-20(29-3)19(12-14)27-22(24-25-26-27)30-15(2)21(28)23-18-10-9-16-6-4-5-7-17(16)13-18/h4-13,15H,1-3H3,(H,23,28). The zero-order valence-corrected chi connectivity index (χ0v) is 17.7. The number of anilines is 1. The van der Waals surface area contributed by atoms with Crippen molar-refractivity contribution in [2.75, 3.05) is 12.4 Å². The van der Waals surface area contributed by atoms with Gasteiger partial charge in [0.25, 0.3) is 0 Å². The summed E-state index contributed by atoms with van der Waals surface area (Å²) in [6.45, 7) is 3.81. The van der Waals surface area contributed by atoms with Gasteiger partial charge in [-0.2, -0.15) is 4.68 Å². The van der Waals surface area contributed by atoms with Crippen molar-refractivity contribution in [1.82, 2.24) is 20.2 Å². The van der Waals surface area contributed by atoms with Gasteiger partial charge in [-0.05, 0) is 64.9 Å². The number of carbonyl (C=O) groups is 1. The number of ether oxygens (including phenoxy) is 1. The van der Waals surface area contributed by atoms with E-state index in [2.05, 4.69) is 20.8 Å². The van der Waals surface area contributed by atoms with E-state index in [9.17, 15) is 4.79 Å². The van der Waals surface area contributed by atoms with Crippen LogP contribution in [0.3, 0.4) is 0 Å². The summed E-state index contributed by atoms with van der Waals surface area (Å²) in [5.41, 5.74) is 2.54. The molecular weight excluding hydrogens is 398 g/mol. The van der Waals surface area contributed by atoms with Crippen molar-refractivity contribution >= 4 is 34.1 Å². The highest BCUT2D eigenvalue weighted by Crippen LogP contribution is 2.29. The number of aryl methyl sites for hydroxylation is 1. The quantitative estimate of drug-likeness (QED) is 0.471. The lowest BCUT2D eigenvalue weighted by Gasteiger charge is -2.13. The van der Waals surface area contributed by atoms with Gasteiger partial charge in [0.05, 0.1) is 12.4 Å². The van der Waals surface area contributed by atoms with Gasteiger partial charge in [0, 0.05) is 5.69 Å². The molecule has 0 fully saturated rings. The lowest BCUT2D eigenvalue weighted by atomic mass is 10.1. The molecule has 0 aliphatic carbocycles. The molecule has 0 saturated heterocycles. The number of carbonyl (C=O) groups excluding carboxylic acids is 1. The molecule has 0 aliphatic heterocycles. The summed E-state index contributed by atoms with van der Waals surface area (Å²) in [7, 11) is 1.60. The molecule has 1 aromatic heterocycles. The molecule has 7 nitrogen and oxygen atoms in total. The third-order valence-corrected chi connectivity index (χ3v) is 5.70. The maximum absolute atomic E-state index is 12.8. The number of benzene rings is 3. The van der Waals surface area contributed by atoms with Crippen LogP contribution in [0.1, 0.15) is 12.5 Å². The third kappa shape index (κ3) is 4.13. The Hall–Kier alpha value is -3.39. The van der Waals surface area contributed by atoms with Crippen molar-refractivity contribution in [3.05, 3.63) is 66.2 Å². The minimum Gasteiger partial charge on any atom is -0.494 e. The van der Waals surface area contributed by atoms with Crippen molar-refractivity contribution in [1.29, 1.82) is 0 Å². The number of fused-ring (bicyclic) bond motifs is 1. The Kier molecular flexibility index (Phi) is 5.67. The molecule has 4 aromatic rings. The van der Waals surface area contributed by atoms with Gasteiger partial charge in [0.2, 0.25) is 11.1 Å². The van der Waals surface area contributed by atoms with Gasteiger partial charge in [0.1, 0.15) is 11.4 Å². The maximum Gasteiger partial charge on any atom is 0.237 e. The topological polar surface area (TPSA) is 81.9 Å². The van der Waals surface area contributed by atoms with E-state index < -0.39 is 5.25 Å². The van der Waals surface area contributed by atoms with E-state index in [0.29, 0.717) is 10.9 Å². The summed E-state index contributed by atoms with van der Waals surface area (Å²) < 4.78 is 7.03. The van der Waals surface area contributed by atoms with Gasteiger partial charge < -0.3 is 10.1 Å². The van der Waals surface area contributed by atoms with Gasteiger partial charge in [-0.25, -0.2) is 0 Å².